The molecule has 104 valence electrons. The van der Waals surface area contributed by atoms with E-state index in [9.17, 15) is 14.4 Å². The molecule has 0 aliphatic carbocycles. The fourth-order valence-electron chi connectivity index (χ4n) is 1.43. The van der Waals surface area contributed by atoms with Gasteiger partial charge >= 0.3 is 5.97 Å². The first kappa shape index (κ1) is 15.1. The topological polar surface area (TPSA) is 121 Å². The molecule has 4 N–H and O–H groups in total. The number of aliphatic carboxylic acids is 1. The van der Waals surface area contributed by atoms with E-state index in [0.29, 0.717) is 0 Å². The van der Waals surface area contributed by atoms with E-state index in [1.807, 2.05) is 0 Å². The SMILES string of the molecule is NCCN(CC(=O)O)C(=O)Cn1ccc(=O)[nH]c1=S. The molecule has 19 heavy (non-hydrogen) atoms. The number of nitrogens with zero attached hydrogens (tertiary/aromatic N) is 2. The van der Waals surface area contributed by atoms with E-state index in [1.165, 1.54) is 16.8 Å². The van der Waals surface area contributed by atoms with Gasteiger partial charge in [0.2, 0.25) is 5.91 Å². The molecule has 1 rings (SSSR count). The van der Waals surface area contributed by atoms with Crippen molar-refractivity contribution < 1.29 is 14.7 Å². The molecule has 1 aromatic rings. The molecular weight excluding hydrogens is 272 g/mol. The maximum atomic E-state index is 11.9. The number of carboxylic acid groups (broad SMARTS) is 1. The third kappa shape index (κ3) is 4.64. The molecule has 0 fully saturated rings. The number of carbonyl (C=O) groups is 2. The van der Waals surface area contributed by atoms with E-state index in [0.717, 1.165) is 4.90 Å². The van der Waals surface area contributed by atoms with Gasteiger partial charge < -0.3 is 20.3 Å². The largest absolute Gasteiger partial charge is 0.480 e. The van der Waals surface area contributed by atoms with E-state index < -0.39 is 18.4 Å². The van der Waals surface area contributed by atoms with Gasteiger partial charge in [-0.2, -0.15) is 0 Å². The van der Waals surface area contributed by atoms with Crippen molar-refractivity contribution in [2.45, 2.75) is 6.54 Å². The van der Waals surface area contributed by atoms with Crippen molar-refractivity contribution in [2.24, 2.45) is 5.73 Å². The van der Waals surface area contributed by atoms with Crippen LogP contribution in [0.1, 0.15) is 0 Å². The molecule has 0 spiro atoms. The van der Waals surface area contributed by atoms with Gasteiger partial charge in [0.05, 0.1) is 0 Å². The highest BCUT2D eigenvalue weighted by Crippen LogP contribution is 1.95. The summed E-state index contributed by atoms with van der Waals surface area (Å²) < 4.78 is 1.45. The van der Waals surface area contributed by atoms with Crippen molar-refractivity contribution in [2.75, 3.05) is 19.6 Å². The van der Waals surface area contributed by atoms with Gasteiger partial charge in [0.15, 0.2) is 4.77 Å². The first-order chi connectivity index (χ1) is 8.93. The highest BCUT2D eigenvalue weighted by atomic mass is 32.1. The third-order valence-electron chi connectivity index (χ3n) is 2.28. The second-order valence-electron chi connectivity index (χ2n) is 3.74. The summed E-state index contributed by atoms with van der Waals surface area (Å²) in [5, 5.41) is 8.71. The van der Waals surface area contributed by atoms with Crippen LogP contribution in [0.25, 0.3) is 0 Å². The van der Waals surface area contributed by atoms with Crippen LogP contribution in [0.3, 0.4) is 0 Å². The van der Waals surface area contributed by atoms with Gasteiger partial charge in [-0.15, -0.1) is 0 Å². The first-order valence-electron chi connectivity index (χ1n) is 5.43. The molecular formula is C10H14N4O4S. The molecule has 1 heterocycles. The molecule has 0 unspecified atom stereocenters. The van der Waals surface area contributed by atoms with Crippen LogP contribution < -0.4 is 11.3 Å². The number of hydrogen-bond acceptors (Lipinski definition) is 5. The number of H-pyrrole nitrogens is 1. The second-order valence-corrected chi connectivity index (χ2v) is 4.12. The molecule has 0 bridgehead atoms. The van der Waals surface area contributed by atoms with Crippen molar-refractivity contribution in [1.29, 1.82) is 0 Å². The fraction of sp³-hybridized carbons (Fsp3) is 0.400. The van der Waals surface area contributed by atoms with Crippen LogP contribution in [-0.4, -0.2) is 51.1 Å². The number of nitrogens with one attached hydrogen (secondary N) is 1. The number of carboxylic acids is 1. The molecule has 0 aromatic carbocycles. The summed E-state index contributed by atoms with van der Waals surface area (Å²) in [5.41, 5.74) is 4.96. The summed E-state index contributed by atoms with van der Waals surface area (Å²) in [6, 6.07) is 1.23. The van der Waals surface area contributed by atoms with Gasteiger partial charge in [-0.25, -0.2) is 0 Å². The number of nitrogens with two attached hydrogens (primary N) is 1. The first-order valence-corrected chi connectivity index (χ1v) is 5.84. The Hall–Kier alpha value is -2.00. The summed E-state index contributed by atoms with van der Waals surface area (Å²) in [7, 11) is 0. The van der Waals surface area contributed by atoms with E-state index in [-0.39, 0.29) is 30.0 Å². The van der Waals surface area contributed by atoms with Crippen LogP contribution in [0.15, 0.2) is 17.1 Å². The molecule has 1 aromatic heterocycles. The highest BCUT2D eigenvalue weighted by molar-refractivity contribution is 7.71. The zero-order valence-corrected chi connectivity index (χ0v) is 10.9. The number of aromatic amines is 1. The Morgan fingerprint density at radius 2 is 2.21 bits per heavy atom. The number of hydrogen-bond donors (Lipinski definition) is 3. The molecule has 0 radical (unpaired) electrons. The van der Waals surface area contributed by atoms with Gasteiger partial charge in [-0.3, -0.25) is 19.4 Å². The Morgan fingerprint density at radius 3 is 2.74 bits per heavy atom. The lowest BCUT2D eigenvalue weighted by Crippen LogP contribution is -2.41. The average Bonchev–Trinajstić information content (AvgIpc) is 2.31. The summed E-state index contributed by atoms with van der Waals surface area (Å²) in [5.74, 6) is -1.55. The normalized spacial score (nSPS) is 10.2. The Labute approximate surface area is 113 Å². The molecule has 9 heteroatoms. The number of carbonyl (C=O) groups excluding carboxylic acids is 1. The van der Waals surface area contributed by atoms with E-state index in [4.69, 9.17) is 23.1 Å². The van der Waals surface area contributed by atoms with Gasteiger partial charge in [-0.1, -0.05) is 0 Å². The summed E-state index contributed by atoms with van der Waals surface area (Å²) in [6.45, 7) is -0.270. The standard InChI is InChI=1S/C10H14N4O4S/c11-2-4-13(6-9(17)18)8(16)5-14-3-1-7(15)12-10(14)19/h1,3H,2,4-6,11H2,(H,17,18)(H,12,15,19). The van der Waals surface area contributed by atoms with E-state index in [2.05, 4.69) is 4.98 Å². The number of amides is 1. The lowest BCUT2D eigenvalue weighted by atomic mass is 10.4. The maximum absolute atomic E-state index is 11.9. The van der Waals surface area contributed by atoms with Crippen LogP contribution in [0, 0.1) is 4.77 Å². The highest BCUT2D eigenvalue weighted by Gasteiger charge is 2.16. The van der Waals surface area contributed by atoms with Crippen LogP contribution in [0.2, 0.25) is 0 Å². The van der Waals surface area contributed by atoms with Crippen molar-refractivity contribution in [3.63, 3.8) is 0 Å². The fourth-order valence-corrected chi connectivity index (χ4v) is 1.65. The Kier molecular flexibility index (Phi) is 5.39. The van der Waals surface area contributed by atoms with Crippen LogP contribution >= 0.6 is 12.2 Å². The van der Waals surface area contributed by atoms with Gasteiger partial charge in [-0.05, 0) is 12.2 Å². The molecule has 0 aliphatic rings. The summed E-state index contributed by atoms with van der Waals surface area (Å²) >= 11 is 4.89. The lowest BCUT2D eigenvalue weighted by Gasteiger charge is -2.20. The minimum absolute atomic E-state index is 0.101. The zero-order chi connectivity index (χ0) is 14.4. The van der Waals surface area contributed by atoms with Crippen molar-refractivity contribution >= 4 is 24.1 Å². The molecule has 0 saturated carbocycles. The third-order valence-corrected chi connectivity index (χ3v) is 2.62. The van der Waals surface area contributed by atoms with Crippen LogP contribution in [0.5, 0.6) is 0 Å². The average molecular weight is 286 g/mol. The van der Waals surface area contributed by atoms with Gasteiger partial charge in [0, 0.05) is 25.4 Å². The maximum Gasteiger partial charge on any atom is 0.323 e. The van der Waals surface area contributed by atoms with Crippen molar-refractivity contribution in [3.8, 4) is 0 Å². The quantitative estimate of drug-likeness (QED) is 0.563. The number of rotatable bonds is 6. The van der Waals surface area contributed by atoms with Crippen LogP contribution in [-0.2, 0) is 16.1 Å². The molecule has 0 saturated heterocycles. The van der Waals surface area contributed by atoms with Crippen LogP contribution in [0.4, 0.5) is 0 Å². The van der Waals surface area contributed by atoms with Gasteiger partial charge in [0.1, 0.15) is 13.1 Å². The lowest BCUT2D eigenvalue weighted by molar-refractivity contribution is -0.144. The smallest absolute Gasteiger partial charge is 0.323 e. The Balaban J connectivity index is 2.83. The van der Waals surface area contributed by atoms with E-state index in [1.54, 1.807) is 0 Å². The summed E-state index contributed by atoms with van der Waals surface area (Å²) in [6.07, 6.45) is 1.38. The Bertz CT molecular complexity index is 579. The van der Waals surface area contributed by atoms with E-state index >= 15 is 0 Å². The predicted molar refractivity (Wildman–Crippen MR) is 69.2 cm³/mol. The molecule has 1 amide bonds. The molecule has 8 nitrogen and oxygen atoms in total. The molecule has 0 aliphatic heterocycles. The Morgan fingerprint density at radius 1 is 1.53 bits per heavy atom. The predicted octanol–water partition coefficient (Wildman–Crippen LogP) is -1.22. The minimum atomic E-state index is -1.12. The van der Waals surface area contributed by atoms with Crippen molar-refractivity contribution in [1.82, 2.24) is 14.5 Å². The monoisotopic (exact) mass is 286 g/mol. The number of aromatic nitrogens is 2. The van der Waals surface area contributed by atoms with Gasteiger partial charge in [0.25, 0.3) is 5.56 Å². The summed E-state index contributed by atoms with van der Waals surface area (Å²) in [4.78, 5) is 37.0. The second kappa shape index (κ2) is 6.81. The molecule has 0 atom stereocenters. The van der Waals surface area contributed by atoms with Crippen molar-refractivity contribution in [3.05, 3.63) is 27.4 Å². The zero-order valence-electron chi connectivity index (χ0n) is 10.0. The minimum Gasteiger partial charge on any atom is -0.480 e.